The maximum Gasteiger partial charge on any atom is 0.343 e. The first kappa shape index (κ1) is 18.5. The Morgan fingerprint density at radius 3 is 2.22 bits per heavy atom. The fourth-order valence-electron chi connectivity index (χ4n) is 2.14. The zero-order chi connectivity index (χ0) is 19.2. The molecule has 5 nitrogen and oxygen atoms in total. The Morgan fingerprint density at radius 1 is 0.926 bits per heavy atom. The summed E-state index contributed by atoms with van der Waals surface area (Å²) in [7, 11) is 1.55. The molecule has 0 bridgehead atoms. The van der Waals surface area contributed by atoms with Crippen LogP contribution in [0.25, 0.3) is 0 Å². The maximum atomic E-state index is 12.9. The van der Waals surface area contributed by atoms with Gasteiger partial charge in [-0.1, -0.05) is 11.6 Å². The molecule has 0 aromatic heterocycles. The zero-order valence-corrected chi connectivity index (χ0v) is 15.0. The molecule has 0 radical (unpaired) electrons. The Hall–Kier alpha value is -3.25. The van der Waals surface area contributed by atoms with E-state index in [1.165, 1.54) is 30.3 Å². The van der Waals surface area contributed by atoms with Crippen LogP contribution in [0.4, 0.5) is 15.8 Å². The highest BCUT2D eigenvalue weighted by Gasteiger charge is 2.10. The molecule has 3 rings (SSSR count). The van der Waals surface area contributed by atoms with Crippen molar-refractivity contribution in [1.82, 2.24) is 0 Å². The third-order valence-electron chi connectivity index (χ3n) is 3.56. The van der Waals surface area contributed by atoms with Gasteiger partial charge < -0.3 is 9.47 Å². The van der Waals surface area contributed by atoms with E-state index in [1.54, 1.807) is 43.5 Å². The van der Waals surface area contributed by atoms with Crippen molar-refractivity contribution in [2.45, 2.75) is 0 Å². The maximum absolute atomic E-state index is 12.9. The summed E-state index contributed by atoms with van der Waals surface area (Å²) < 4.78 is 23.2. The van der Waals surface area contributed by atoms with Gasteiger partial charge in [0.1, 0.15) is 23.0 Å². The SMILES string of the molecule is COc1ccc(C(=O)Oc2ccc(N=Nc3ccc(F)cc3)c(Cl)c2)cc1. The van der Waals surface area contributed by atoms with E-state index in [0.29, 0.717) is 22.7 Å². The average molecular weight is 385 g/mol. The number of ether oxygens (including phenoxy) is 2. The quantitative estimate of drug-likeness (QED) is 0.302. The first-order valence-electron chi connectivity index (χ1n) is 7.88. The molecule has 0 saturated carbocycles. The molecule has 0 unspecified atom stereocenters. The predicted molar refractivity (Wildman–Crippen MR) is 100.0 cm³/mol. The molecular weight excluding hydrogens is 371 g/mol. The molecule has 3 aromatic rings. The van der Waals surface area contributed by atoms with Crippen LogP contribution in [-0.4, -0.2) is 13.1 Å². The van der Waals surface area contributed by atoms with Crippen LogP contribution < -0.4 is 9.47 Å². The van der Waals surface area contributed by atoms with Crippen molar-refractivity contribution in [2.75, 3.05) is 7.11 Å². The van der Waals surface area contributed by atoms with Crippen LogP contribution in [0.2, 0.25) is 5.02 Å². The number of benzene rings is 3. The lowest BCUT2D eigenvalue weighted by Crippen LogP contribution is -2.08. The van der Waals surface area contributed by atoms with Gasteiger partial charge in [-0.25, -0.2) is 9.18 Å². The van der Waals surface area contributed by atoms with Crippen molar-refractivity contribution < 1.29 is 18.7 Å². The van der Waals surface area contributed by atoms with Crippen LogP contribution >= 0.6 is 11.6 Å². The van der Waals surface area contributed by atoms with Crippen molar-refractivity contribution in [3.05, 3.63) is 83.1 Å². The second-order valence-corrected chi connectivity index (χ2v) is 5.81. The number of halogens is 2. The Kier molecular flexibility index (Phi) is 5.78. The van der Waals surface area contributed by atoms with Crippen molar-refractivity contribution in [1.29, 1.82) is 0 Å². The largest absolute Gasteiger partial charge is 0.497 e. The Labute approximate surface area is 160 Å². The van der Waals surface area contributed by atoms with Gasteiger partial charge >= 0.3 is 5.97 Å². The molecule has 7 heteroatoms. The molecule has 0 aliphatic carbocycles. The summed E-state index contributed by atoms with van der Waals surface area (Å²) in [4.78, 5) is 12.2. The van der Waals surface area contributed by atoms with E-state index in [1.807, 2.05) is 0 Å². The van der Waals surface area contributed by atoms with E-state index in [4.69, 9.17) is 21.1 Å². The Balaban J connectivity index is 1.70. The minimum atomic E-state index is -0.519. The van der Waals surface area contributed by atoms with Gasteiger partial charge in [0.25, 0.3) is 0 Å². The van der Waals surface area contributed by atoms with Gasteiger partial charge in [0.15, 0.2) is 0 Å². The van der Waals surface area contributed by atoms with E-state index in [-0.39, 0.29) is 16.6 Å². The fraction of sp³-hybridized carbons (Fsp3) is 0.0500. The Bertz CT molecular complexity index is 974. The lowest BCUT2D eigenvalue weighted by atomic mass is 10.2. The number of carbonyl (C=O) groups excluding carboxylic acids is 1. The molecule has 0 heterocycles. The van der Waals surface area contributed by atoms with Crippen molar-refractivity contribution in [3.63, 3.8) is 0 Å². The van der Waals surface area contributed by atoms with Gasteiger partial charge in [-0.2, -0.15) is 5.11 Å². The summed E-state index contributed by atoms with van der Waals surface area (Å²) in [6.07, 6.45) is 0. The highest BCUT2D eigenvalue weighted by Crippen LogP contribution is 2.31. The van der Waals surface area contributed by atoms with Gasteiger partial charge in [0, 0.05) is 6.07 Å². The topological polar surface area (TPSA) is 60.2 Å². The first-order valence-corrected chi connectivity index (χ1v) is 8.26. The lowest BCUT2D eigenvalue weighted by Gasteiger charge is -2.06. The van der Waals surface area contributed by atoms with Crippen molar-refractivity contribution in [3.8, 4) is 11.5 Å². The second-order valence-electron chi connectivity index (χ2n) is 5.41. The number of azo groups is 1. The highest BCUT2D eigenvalue weighted by atomic mass is 35.5. The smallest absolute Gasteiger partial charge is 0.343 e. The Morgan fingerprint density at radius 2 is 1.59 bits per heavy atom. The minimum Gasteiger partial charge on any atom is -0.497 e. The third-order valence-corrected chi connectivity index (χ3v) is 3.86. The first-order chi connectivity index (χ1) is 13.0. The predicted octanol–water partition coefficient (Wildman–Crippen LogP) is 6.12. The lowest BCUT2D eigenvalue weighted by molar-refractivity contribution is 0.0735. The van der Waals surface area contributed by atoms with E-state index in [9.17, 15) is 9.18 Å². The van der Waals surface area contributed by atoms with Gasteiger partial charge in [-0.05, 0) is 60.7 Å². The third kappa shape index (κ3) is 4.89. The number of hydrogen-bond acceptors (Lipinski definition) is 5. The van der Waals surface area contributed by atoms with Crippen LogP contribution in [0.1, 0.15) is 10.4 Å². The summed E-state index contributed by atoms with van der Waals surface area (Å²) in [5.41, 5.74) is 1.26. The van der Waals surface area contributed by atoms with Crippen LogP contribution in [0, 0.1) is 5.82 Å². The number of hydrogen-bond donors (Lipinski definition) is 0. The van der Waals surface area contributed by atoms with Gasteiger partial charge in [0.05, 0.1) is 23.4 Å². The number of carbonyl (C=O) groups is 1. The summed E-state index contributed by atoms with van der Waals surface area (Å²) in [5.74, 6) is 0.0523. The summed E-state index contributed by atoms with van der Waals surface area (Å²) in [6, 6.07) is 16.7. The summed E-state index contributed by atoms with van der Waals surface area (Å²) in [5, 5.41) is 8.27. The van der Waals surface area contributed by atoms with E-state index >= 15 is 0 Å². The molecule has 0 aliphatic heterocycles. The second kappa shape index (κ2) is 8.42. The molecule has 0 N–H and O–H groups in total. The molecule has 0 fully saturated rings. The number of methoxy groups -OCH3 is 1. The van der Waals surface area contributed by atoms with Crippen LogP contribution in [0.15, 0.2) is 77.0 Å². The number of rotatable bonds is 5. The normalized spacial score (nSPS) is 10.8. The van der Waals surface area contributed by atoms with Crippen molar-refractivity contribution in [2.24, 2.45) is 10.2 Å². The molecule has 3 aromatic carbocycles. The molecule has 0 spiro atoms. The number of nitrogens with zero attached hydrogens (tertiary/aromatic N) is 2. The highest BCUT2D eigenvalue weighted by molar-refractivity contribution is 6.33. The summed E-state index contributed by atoms with van der Waals surface area (Å²) >= 11 is 6.17. The molecular formula is C20H14ClFN2O3. The van der Waals surface area contributed by atoms with Gasteiger partial charge in [-0.15, -0.1) is 5.11 Å². The fourth-order valence-corrected chi connectivity index (χ4v) is 2.35. The average Bonchev–Trinajstić information content (AvgIpc) is 2.68. The van der Waals surface area contributed by atoms with Gasteiger partial charge in [-0.3, -0.25) is 0 Å². The summed E-state index contributed by atoms with van der Waals surface area (Å²) in [6.45, 7) is 0. The molecule has 27 heavy (non-hydrogen) atoms. The molecule has 0 atom stereocenters. The van der Waals surface area contributed by atoms with Crippen LogP contribution in [0.3, 0.4) is 0 Å². The molecule has 0 aliphatic rings. The standard InChI is InChI=1S/C20H14ClFN2O3/c1-26-16-8-2-13(3-9-16)20(25)27-17-10-11-19(18(21)12-17)24-23-15-6-4-14(22)5-7-15/h2-12H,1H3. The monoisotopic (exact) mass is 384 g/mol. The van der Waals surface area contributed by atoms with Gasteiger partial charge in [0.2, 0.25) is 0 Å². The van der Waals surface area contributed by atoms with Crippen molar-refractivity contribution >= 4 is 28.9 Å². The minimum absolute atomic E-state index is 0.265. The molecule has 0 amide bonds. The zero-order valence-electron chi connectivity index (χ0n) is 14.2. The molecule has 136 valence electrons. The number of esters is 1. The van der Waals surface area contributed by atoms with E-state index in [0.717, 1.165) is 0 Å². The van der Waals surface area contributed by atoms with Crippen LogP contribution in [0.5, 0.6) is 11.5 Å². The van der Waals surface area contributed by atoms with Crippen LogP contribution in [-0.2, 0) is 0 Å². The molecule has 0 saturated heterocycles. The van der Waals surface area contributed by atoms with E-state index < -0.39 is 5.97 Å². The van der Waals surface area contributed by atoms with E-state index in [2.05, 4.69) is 10.2 Å².